The molecule has 3 nitrogen and oxygen atoms in total. The minimum atomic E-state index is -3.33. The quantitative estimate of drug-likeness (QED) is 0.760. The van der Waals surface area contributed by atoms with Gasteiger partial charge in [-0.1, -0.05) is 12.1 Å². The fraction of sp³-hybridized carbons (Fsp3) is 0.500. The zero-order valence-corrected chi connectivity index (χ0v) is 11.0. The third kappa shape index (κ3) is 3.94. The summed E-state index contributed by atoms with van der Waals surface area (Å²) >= 11 is 0. The van der Waals surface area contributed by atoms with Crippen LogP contribution in [0.4, 0.5) is 0 Å². The molecule has 0 aromatic heterocycles. The molecule has 0 radical (unpaired) electrons. The Bertz CT molecular complexity index is 475. The van der Waals surface area contributed by atoms with E-state index in [9.17, 15) is 8.42 Å². The molecule has 0 amide bonds. The van der Waals surface area contributed by atoms with Crippen LogP contribution in [0.1, 0.15) is 22.3 Å². The molecule has 4 heteroatoms. The predicted molar refractivity (Wildman–Crippen MR) is 65.2 cm³/mol. The Morgan fingerprint density at radius 3 is 2.19 bits per heavy atom. The van der Waals surface area contributed by atoms with E-state index in [-0.39, 0.29) is 6.61 Å². The van der Waals surface area contributed by atoms with Crippen molar-refractivity contribution in [2.45, 2.75) is 27.2 Å². The highest BCUT2D eigenvalue weighted by Crippen LogP contribution is 2.15. The largest absolute Gasteiger partial charge is 0.270 e. The molecule has 1 aromatic rings. The Morgan fingerprint density at radius 1 is 1.06 bits per heavy atom. The molecule has 1 aromatic carbocycles. The van der Waals surface area contributed by atoms with Crippen LogP contribution in [-0.2, 0) is 20.7 Å². The van der Waals surface area contributed by atoms with E-state index in [1.165, 1.54) is 16.7 Å². The van der Waals surface area contributed by atoms with Crippen LogP contribution in [-0.4, -0.2) is 21.3 Å². The Morgan fingerprint density at radius 2 is 1.62 bits per heavy atom. The minimum Gasteiger partial charge on any atom is -0.270 e. The lowest BCUT2D eigenvalue weighted by molar-refractivity contribution is 0.325. The molecule has 0 aliphatic heterocycles. The van der Waals surface area contributed by atoms with Gasteiger partial charge in [-0.05, 0) is 49.4 Å². The maximum Gasteiger partial charge on any atom is 0.264 e. The van der Waals surface area contributed by atoms with Crippen molar-refractivity contribution in [1.29, 1.82) is 0 Å². The number of aryl methyl sites for hydroxylation is 3. The van der Waals surface area contributed by atoms with E-state index in [0.717, 1.165) is 11.8 Å². The summed E-state index contributed by atoms with van der Waals surface area (Å²) in [4.78, 5) is 0. The smallest absolute Gasteiger partial charge is 0.264 e. The van der Waals surface area contributed by atoms with Crippen LogP contribution in [0.3, 0.4) is 0 Å². The normalized spacial score (nSPS) is 11.8. The molecule has 0 saturated heterocycles. The molecule has 0 bridgehead atoms. The van der Waals surface area contributed by atoms with Gasteiger partial charge in [0.05, 0.1) is 12.9 Å². The van der Waals surface area contributed by atoms with Crippen LogP contribution in [0.2, 0.25) is 0 Å². The summed E-state index contributed by atoms with van der Waals surface area (Å²) < 4.78 is 26.3. The molecule has 0 aliphatic carbocycles. The van der Waals surface area contributed by atoms with Crippen LogP contribution in [0, 0.1) is 20.8 Å². The average Bonchev–Trinajstić information content (AvgIpc) is 2.11. The van der Waals surface area contributed by atoms with Gasteiger partial charge in [-0.2, -0.15) is 8.42 Å². The molecule has 0 saturated carbocycles. The monoisotopic (exact) mass is 242 g/mol. The van der Waals surface area contributed by atoms with Gasteiger partial charge < -0.3 is 0 Å². The van der Waals surface area contributed by atoms with Gasteiger partial charge in [-0.15, -0.1) is 0 Å². The first-order valence-electron chi connectivity index (χ1n) is 5.21. The SMILES string of the molecule is Cc1cc(C)c(CCOS(C)(=O)=O)cc1C. The van der Waals surface area contributed by atoms with Gasteiger partial charge in [0.15, 0.2) is 0 Å². The summed E-state index contributed by atoms with van der Waals surface area (Å²) in [6.07, 6.45) is 1.69. The maximum absolute atomic E-state index is 10.8. The van der Waals surface area contributed by atoms with Gasteiger partial charge in [0.2, 0.25) is 0 Å². The van der Waals surface area contributed by atoms with Crippen LogP contribution in [0.25, 0.3) is 0 Å². The van der Waals surface area contributed by atoms with E-state index in [1.807, 2.05) is 6.92 Å². The Balaban J connectivity index is 2.71. The fourth-order valence-electron chi connectivity index (χ4n) is 1.59. The van der Waals surface area contributed by atoms with Crippen LogP contribution < -0.4 is 0 Å². The number of hydrogen-bond acceptors (Lipinski definition) is 3. The Kier molecular flexibility index (Phi) is 4.10. The fourth-order valence-corrected chi connectivity index (χ4v) is 1.98. The summed E-state index contributed by atoms with van der Waals surface area (Å²) in [5.41, 5.74) is 4.80. The summed E-state index contributed by atoms with van der Waals surface area (Å²) in [7, 11) is -3.33. The molecule has 1 rings (SSSR count). The van der Waals surface area contributed by atoms with E-state index in [0.29, 0.717) is 6.42 Å². The summed E-state index contributed by atoms with van der Waals surface area (Å²) in [6, 6.07) is 4.21. The van der Waals surface area contributed by atoms with Gasteiger partial charge >= 0.3 is 0 Å². The van der Waals surface area contributed by atoms with E-state index < -0.39 is 10.1 Å². The van der Waals surface area contributed by atoms with Crippen molar-refractivity contribution in [1.82, 2.24) is 0 Å². The molecule has 0 aliphatic rings. The second-order valence-corrected chi connectivity index (χ2v) is 5.78. The highest BCUT2D eigenvalue weighted by molar-refractivity contribution is 7.85. The molecule has 0 atom stereocenters. The first-order valence-corrected chi connectivity index (χ1v) is 7.02. The zero-order chi connectivity index (χ0) is 12.3. The van der Waals surface area contributed by atoms with Crippen molar-refractivity contribution in [2.24, 2.45) is 0 Å². The second kappa shape index (κ2) is 4.97. The first kappa shape index (κ1) is 13.2. The predicted octanol–water partition coefficient (Wildman–Crippen LogP) is 2.13. The van der Waals surface area contributed by atoms with Gasteiger partial charge in [-0.3, -0.25) is 4.18 Å². The van der Waals surface area contributed by atoms with Crippen molar-refractivity contribution >= 4 is 10.1 Å². The molecule has 0 spiro atoms. The molecule has 0 fully saturated rings. The molecule has 0 heterocycles. The van der Waals surface area contributed by atoms with E-state index >= 15 is 0 Å². The molecule has 90 valence electrons. The van der Waals surface area contributed by atoms with E-state index in [2.05, 4.69) is 26.0 Å². The van der Waals surface area contributed by atoms with Crippen LogP contribution in [0.5, 0.6) is 0 Å². The summed E-state index contributed by atoms with van der Waals surface area (Å²) in [6.45, 7) is 6.36. The Hall–Kier alpha value is -0.870. The minimum absolute atomic E-state index is 0.210. The van der Waals surface area contributed by atoms with Gasteiger partial charge in [-0.25, -0.2) is 0 Å². The van der Waals surface area contributed by atoms with E-state index in [1.54, 1.807) is 0 Å². The summed E-state index contributed by atoms with van der Waals surface area (Å²) in [5, 5.41) is 0. The van der Waals surface area contributed by atoms with Crippen LogP contribution >= 0.6 is 0 Å². The van der Waals surface area contributed by atoms with E-state index in [4.69, 9.17) is 4.18 Å². The zero-order valence-electron chi connectivity index (χ0n) is 10.2. The van der Waals surface area contributed by atoms with Crippen molar-refractivity contribution in [2.75, 3.05) is 12.9 Å². The van der Waals surface area contributed by atoms with Crippen molar-refractivity contribution in [3.8, 4) is 0 Å². The third-order valence-corrected chi connectivity index (χ3v) is 3.22. The van der Waals surface area contributed by atoms with Crippen molar-refractivity contribution in [3.05, 3.63) is 34.4 Å². The van der Waals surface area contributed by atoms with Crippen molar-refractivity contribution in [3.63, 3.8) is 0 Å². The lowest BCUT2D eigenvalue weighted by Crippen LogP contribution is -2.07. The Labute approximate surface area is 97.6 Å². The van der Waals surface area contributed by atoms with Crippen molar-refractivity contribution < 1.29 is 12.6 Å². The lowest BCUT2D eigenvalue weighted by atomic mass is 9.99. The van der Waals surface area contributed by atoms with Gasteiger partial charge in [0.25, 0.3) is 10.1 Å². The summed E-state index contributed by atoms with van der Waals surface area (Å²) in [5.74, 6) is 0. The molecular formula is C12H18O3S. The number of rotatable bonds is 4. The lowest BCUT2D eigenvalue weighted by Gasteiger charge is -2.09. The highest BCUT2D eigenvalue weighted by atomic mass is 32.2. The topological polar surface area (TPSA) is 43.4 Å². The molecular weight excluding hydrogens is 224 g/mol. The number of benzene rings is 1. The van der Waals surface area contributed by atoms with Crippen LogP contribution in [0.15, 0.2) is 12.1 Å². The van der Waals surface area contributed by atoms with Gasteiger partial charge in [0, 0.05) is 0 Å². The first-order chi connectivity index (χ1) is 7.29. The average molecular weight is 242 g/mol. The molecule has 0 N–H and O–H groups in total. The third-order valence-electron chi connectivity index (χ3n) is 2.62. The number of hydrogen-bond donors (Lipinski definition) is 0. The second-order valence-electron chi connectivity index (χ2n) is 4.14. The molecule has 0 unspecified atom stereocenters. The maximum atomic E-state index is 10.8. The highest BCUT2D eigenvalue weighted by Gasteiger charge is 2.05. The van der Waals surface area contributed by atoms with Gasteiger partial charge in [0.1, 0.15) is 0 Å². The standard InChI is InChI=1S/C12H18O3S/c1-9-7-11(3)12(8-10(9)2)5-6-15-16(4,13)14/h7-8H,5-6H2,1-4H3. The molecule has 16 heavy (non-hydrogen) atoms.